The molecule has 0 radical (unpaired) electrons. The first-order valence-electron chi connectivity index (χ1n) is 2.45. The fraction of sp³-hybridized carbons (Fsp3) is 0.333. The second-order valence-corrected chi connectivity index (χ2v) is 1.52. The molecule has 60 valence electrons. The van der Waals surface area contributed by atoms with Crippen LogP contribution >= 0.6 is 0 Å². The van der Waals surface area contributed by atoms with Gasteiger partial charge in [-0.1, -0.05) is 0 Å². The van der Waals surface area contributed by atoms with Crippen LogP contribution in [0.15, 0.2) is 4.63 Å². The summed E-state index contributed by atoms with van der Waals surface area (Å²) < 4.78 is 8.25. The summed E-state index contributed by atoms with van der Waals surface area (Å²) in [6.07, 6.45) is 0. The van der Waals surface area contributed by atoms with Gasteiger partial charge in [0.1, 0.15) is 0 Å². The predicted octanol–water partition coefficient (Wildman–Crippen LogP) is -0.775. The van der Waals surface area contributed by atoms with Crippen LogP contribution in [0.4, 0.5) is 5.82 Å². The summed E-state index contributed by atoms with van der Waals surface area (Å²) in [4.78, 5) is 8.79. The second-order valence-electron chi connectivity index (χ2n) is 1.52. The fourth-order valence-electron chi connectivity index (χ4n) is 0.505. The molecule has 0 aromatic carbocycles. The molecule has 0 unspecified atom stereocenters. The van der Waals surface area contributed by atoms with Crippen molar-refractivity contribution in [1.82, 2.24) is 5.16 Å². The number of aromatic nitrogens is 2. The van der Waals surface area contributed by atoms with E-state index in [9.17, 15) is 15.3 Å². The van der Waals surface area contributed by atoms with Crippen molar-refractivity contribution in [2.45, 2.75) is 0 Å². The van der Waals surface area contributed by atoms with Crippen molar-refractivity contribution in [3.05, 3.63) is 15.3 Å². The Balaban J connectivity index is 3.17. The highest BCUT2D eigenvalue weighted by atomic mass is 16.8. The molecule has 0 aliphatic rings. The van der Waals surface area contributed by atoms with Gasteiger partial charge in [0, 0.05) is 4.92 Å². The van der Waals surface area contributed by atoms with Crippen LogP contribution in [0.25, 0.3) is 0 Å². The van der Waals surface area contributed by atoms with Crippen LogP contribution < -0.4 is 9.64 Å². The lowest BCUT2D eigenvalue weighted by Crippen LogP contribution is -2.26. The van der Waals surface area contributed by atoms with Crippen LogP contribution in [-0.2, 0) is 0 Å². The van der Waals surface area contributed by atoms with E-state index in [0.29, 0.717) is 0 Å². The number of nitrogens with zero attached hydrogens (tertiary/aromatic N) is 3. The zero-order valence-electron chi connectivity index (χ0n) is 5.38. The van der Waals surface area contributed by atoms with Gasteiger partial charge in [-0.2, -0.15) is 4.63 Å². The van der Waals surface area contributed by atoms with Gasteiger partial charge in [-0.15, -0.1) is 0 Å². The number of hydrogen-bond acceptors (Lipinski definition) is 6. The van der Waals surface area contributed by atoms with Crippen LogP contribution in [-0.4, -0.2) is 17.2 Å². The maximum absolute atomic E-state index is 10.4. The monoisotopic (exact) mass is 161 g/mol. The summed E-state index contributed by atoms with van der Waals surface area (Å²) in [5.74, 6) is -1.29. The normalized spacial score (nSPS) is 9.55. The van der Waals surface area contributed by atoms with Crippen molar-refractivity contribution in [2.75, 3.05) is 7.11 Å². The predicted molar refractivity (Wildman–Crippen MR) is 28.7 cm³/mol. The minimum Gasteiger partial charge on any atom is -0.447 e. The molecule has 1 aromatic heterocycles. The molecule has 0 N–H and O–H groups in total. The summed E-state index contributed by atoms with van der Waals surface area (Å²) in [6, 6.07) is 0. The Kier molecular flexibility index (Phi) is 1.58. The van der Waals surface area contributed by atoms with Crippen LogP contribution in [0, 0.1) is 15.3 Å². The summed E-state index contributed by atoms with van der Waals surface area (Å²) in [5, 5.41) is 23.4. The molecule has 0 bridgehead atoms. The molecule has 8 heteroatoms. The largest absolute Gasteiger partial charge is 0.534 e. The molecule has 0 aliphatic carbocycles. The van der Waals surface area contributed by atoms with Gasteiger partial charge in [-0.25, -0.2) is 0 Å². The van der Waals surface area contributed by atoms with Gasteiger partial charge >= 0.3 is 11.7 Å². The van der Waals surface area contributed by atoms with Crippen LogP contribution in [0.3, 0.4) is 0 Å². The number of methoxy groups -OCH3 is 1. The Bertz CT molecular complexity index is 281. The molecule has 0 atom stereocenters. The molecule has 0 spiro atoms. The third kappa shape index (κ3) is 1.04. The SMILES string of the molecule is COc1no[n+]([O-])c1[N+](=O)[O-]. The highest BCUT2D eigenvalue weighted by molar-refractivity contribution is 5.24. The zero-order chi connectivity index (χ0) is 8.43. The maximum atomic E-state index is 10.4. The third-order valence-electron chi connectivity index (χ3n) is 0.928. The number of rotatable bonds is 2. The summed E-state index contributed by atoms with van der Waals surface area (Å²) in [6.45, 7) is 0. The minimum atomic E-state index is -0.942. The van der Waals surface area contributed by atoms with Crippen molar-refractivity contribution in [3.63, 3.8) is 0 Å². The smallest absolute Gasteiger partial charge is 0.447 e. The van der Waals surface area contributed by atoms with Gasteiger partial charge in [-0.3, -0.25) is 0 Å². The van der Waals surface area contributed by atoms with E-state index in [1.807, 2.05) is 0 Å². The van der Waals surface area contributed by atoms with E-state index in [-0.39, 0.29) is 4.90 Å². The van der Waals surface area contributed by atoms with E-state index in [4.69, 9.17) is 0 Å². The first-order chi connectivity index (χ1) is 5.16. The Morgan fingerprint density at radius 3 is 2.82 bits per heavy atom. The average Bonchev–Trinajstić information content (AvgIpc) is 2.30. The molecule has 11 heavy (non-hydrogen) atoms. The van der Waals surface area contributed by atoms with E-state index < -0.39 is 16.6 Å². The molecular weight excluding hydrogens is 158 g/mol. The Morgan fingerprint density at radius 1 is 1.82 bits per heavy atom. The lowest BCUT2D eigenvalue weighted by atomic mass is 10.7. The molecule has 1 heterocycles. The molecule has 1 rings (SSSR count). The van der Waals surface area contributed by atoms with Gasteiger partial charge in [0.25, 0.3) is 0 Å². The molecule has 0 amide bonds. The fourth-order valence-corrected chi connectivity index (χ4v) is 0.505. The zero-order valence-corrected chi connectivity index (χ0v) is 5.38. The van der Waals surface area contributed by atoms with Crippen molar-refractivity contribution in [1.29, 1.82) is 0 Å². The third-order valence-corrected chi connectivity index (χ3v) is 0.928. The summed E-state index contributed by atoms with van der Waals surface area (Å²) in [7, 11) is 1.14. The number of ether oxygens (including phenoxy) is 1. The van der Waals surface area contributed by atoms with Crippen LogP contribution in [0.2, 0.25) is 0 Å². The lowest BCUT2D eigenvalue weighted by molar-refractivity contribution is -0.825. The molecule has 1 aromatic rings. The molecular formula is C3H3N3O5. The van der Waals surface area contributed by atoms with Gasteiger partial charge in [0.05, 0.1) is 12.0 Å². The first kappa shape index (κ1) is 7.25. The van der Waals surface area contributed by atoms with E-state index in [0.717, 1.165) is 7.11 Å². The second kappa shape index (κ2) is 2.40. The maximum Gasteiger partial charge on any atom is 0.534 e. The van der Waals surface area contributed by atoms with Crippen LogP contribution in [0.5, 0.6) is 5.88 Å². The highest BCUT2D eigenvalue weighted by Crippen LogP contribution is 2.17. The van der Waals surface area contributed by atoms with Crippen molar-refractivity contribution >= 4 is 5.82 Å². The molecule has 0 saturated heterocycles. The molecule has 0 fully saturated rings. The van der Waals surface area contributed by atoms with E-state index in [1.54, 1.807) is 0 Å². The molecule has 8 nitrogen and oxygen atoms in total. The first-order valence-corrected chi connectivity index (χ1v) is 2.45. The standard InChI is InChI=1S/C3H3N3O5/c1-10-2-3(5(7)8)6(9)11-4-2/h1H3. The number of nitro groups is 1. The van der Waals surface area contributed by atoms with Gasteiger partial charge < -0.3 is 20.1 Å². The molecule has 0 saturated carbocycles. The lowest BCUT2D eigenvalue weighted by Gasteiger charge is -1.86. The van der Waals surface area contributed by atoms with Gasteiger partial charge in [0.15, 0.2) is 5.16 Å². The topological polar surface area (TPSA) is 105 Å². The Morgan fingerprint density at radius 2 is 2.45 bits per heavy atom. The number of hydrogen-bond donors (Lipinski definition) is 0. The summed E-state index contributed by atoms with van der Waals surface area (Å²) in [5.41, 5.74) is 0. The van der Waals surface area contributed by atoms with Gasteiger partial charge in [0.2, 0.25) is 0 Å². The quantitative estimate of drug-likeness (QED) is 0.320. The van der Waals surface area contributed by atoms with Crippen molar-refractivity contribution in [3.8, 4) is 5.88 Å². The summed E-state index contributed by atoms with van der Waals surface area (Å²) >= 11 is 0. The van der Waals surface area contributed by atoms with E-state index in [2.05, 4.69) is 14.5 Å². The Labute approximate surface area is 59.7 Å². The van der Waals surface area contributed by atoms with E-state index in [1.165, 1.54) is 0 Å². The van der Waals surface area contributed by atoms with Crippen LogP contribution in [0.1, 0.15) is 0 Å². The molecule has 0 aliphatic heterocycles. The van der Waals surface area contributed by atoms with Crippen molar-refractivity contribution in [2.24, 2.45) is 0 Å². The Hall–Kier alpha value is -1.86. The minimum absolute atomic E-state index is 0.334. The van der Waals surface area contributed by atoms with Gasteiger partial charge in [-0.05, 0) is 0 Å². The highest BCUT2D eigenvalue weighted by Gasteiger charge is 2.32. The van der Waals surface area contributed by atoms with E-state index >= 15 is 0 Å². The average molecular weight is 161 g/mol. The van der Waals surface area contributed by atoms with Crippen molar-refractivity contribution < 1.29 is 19.2 Å².